The van der Waals surface area contributed by atoms with E-state index in [9.17, 15) is 4.79 Å². The second-order valence-corrected chi connectivity index (χ2v) is 5.89. The summed E-state index contributed by atoms with van der Waals surface area (Å²) in [6.45, 7) is 1.28. The number of aromatic nitrogens is 1. The van der Waals surface area contributed by atoms with Crippen molar-refractivity contribution in [3.05, 3.63) is 82.1 Å². The van der Waals surface area contributed by atoms with E-state index in [2.05, 4.69) is 4.98 Å². The molecule has 2 N–H and O–H groups in total. The van der Waals surface area contributed by atoms with Crippen LogP contribution in [0.25, 0.3) is 10.9 Å². The van der Waals surface area contributed by atoms with E-state index >= 15 is 0 Å². The molecule has 0 spiro atoms. The average molecular weight is 323 g/mol. The first-order valence-electron chi connectivity index (χ1n) is 8.13. The van der Waals surface area contributed by atoms with Gasteiger partial charge in [0.05, 0.1) is 12.7 Å². The van der Waals surface area contributed by atoms with Gasteiger partial charge in [-0.1, -0.05) is 48.5 Å². The molecule has 1 aliphatic heterocycles. The third kappa shape index (κ3) is 4.31. The number of rotatable bonds is 2. The third-order valence-corrected chi connectivity index (χ3v) is 3.97. The van der Waals surface area contributed by atoms with Crippen LogP contribution in [0.15, 0.2) is 65.5 Å². The van der Waals surface area contributed by atoms with E-state index in [4.69, 9.17) is 9.84 Å². The minimum Gasteiger partial charge on any atom is -0.391 e. The number of para-hydroxylation sites is 1. The quantitative estimate of drug-likeness (QED) is 0.762. The number of fused-ring (bicyclic) bond motifs is 1. The smallest absolute Gasteiger partial charge is 0.251 e. The SMILES string of the molecule is O=c1[nH]c2ccccc2cc1Cc1ccccc1.OC1CCOC1. The van der Waals surface area contributed by atoms with Crippen LogP contribution in [0.4, 0.5) is 0 Å². The number of hydrogen-bond acceptors (Lipinski definition) is 3. The van der Waals surface area contributed by atoms with Gasteiger partial charge in [-0.3, -0.25) is 4.79 Å². The Labute approximate surface area is 140 Å². The van der Waals surface area contributed by atoms with Crippen molar-refractivity contribution in [1.29, 1.82) is 0 Å². The standard InChI is InChI=1S/C16H13NO.C4H8O2/c18-16-14(10-12-6-2-1-3-7-12)11-13-8-4-5-9-15(13)17-16;5-4-1-2-6-3-4/h1-9,11H,10H2,(H,17,18);4-5H,1-3H2. The molecule has 1 saturated heterocycles. The molecule has 2 heterocycles. The summed E-state index contributed by atoms with van der Waals surface area (Å²) in [6, 6.07) is 19.8. The lowest BCUT2D eigenvalue weighted by Crippen LogP contribution is -2.12. The topological polar surface area (TPSA) is 62.3 Å². The fourth-order valence-corrected chi connectivity index (χ4v) is 2.66. The summed E-state index contributed by atoms with van der Waals surface area (Å²) in [7, 11) is 0. The maximum Gasteiger partial charge on any atom is 0.251 e. The Kier molecular flexibility index (Phi) is 5.41. The Morgan fingerprint density at radius 1 is 1.08 bits per heavy atom. The molecule has 4 rings (SSSR count). The molecule has 0 saturated carbocycles. The van der Waals surface area contributed by atoms with Gasteiger partial charge in [-0.2, -0.15) is 0 Å². The fraction of sp³-hybridized carbons (Fsp3) is 0.250. The van der Waals surface area contributed by atoms with E-state index in [0.717, 1.165) is 35.1 Å². The van der Waals surface area contributed by atoms with Crippen molar-refractivity contribution in [1.82, 2.24) is 4.98 Å². The minimum absolute atomic E-state index is 0.00227. The zero-order chi connectivity index (χ0) is 16.8. The Bertz CT molecular complexity index is 836. The molecule has 124 valence electrons. The van der Waals surface area contributed by atoms with Crippen LogP contribution in [-0.2, 0) is 11.2 Å². The number of hydrogen-bond donors (Lipinski definition) is 2. The van der Waals surface area contributed by atoms with Crippen LogP contribution in [0.1, 0.15) is 17.5 Å². The van der Waals surface area contributed by atoms with Crippen LogP contribution in [0.2, 0.25) is 0 Å². The molecule has 1 aromatic heterocycles. The highest BCUT2D eigenvalue weighted by Crippen LogP contribution is 2.12. The van der Waals surface area contributed by atoms with E-state index in [-0.39, 0.29) is 11.7 Å². The summed E-state index contributed by atoms with van der Waals surface area (Å²) in [4.78, 5) is 14.9. The molecule has 0 radical (unpaired) electrons. The molecule has 0 aliphatic carbocycles. The van der Waals surface area contributed by atoms with E-state index in [1.165, 1.54) is 0 Å². The van der Waals surface area contributed by atoms with Crippen molar-refractivity contribution < 1.29 is 9.84 Å². The summed E-state index contributed by atoms with van der Waals surface area (Å²) in [5.74, 6) is 0. The van der Waals surface area contributed by atoms with Crippen LogP contribution in [-0.4, -0.2) is 29.4 Å². The van der Waals surface area contributed by atoms with Gasteiger partial charge in [-0.15, -0.1) is 0 Å². The minimum atomic E-state index is -0.176. The predicted octanol–water partition coefficient (Wildman–Crippen LogP) is 2.89. The van der Waals surface area contributed by atoms with Gasteiger partial charge in [-0.25, -0.2) is 0 Å². The van der Waals surface area contributed by atoms with Crippen LogP contribution < -0.4 is 5.56 Å². The van der Waals surface area contributed by atoms with Crippen molar-refractivity contribution in [2.45, 2.75) is 18.9 Å². The van der Waals surface area contributed by atoms with Crippen molar-refractivity contribution >= 4 is 10.9 Å². The molecule has 3 aromatic rings. The van der Waals surface area contributed by atoms with Crippen LogP contribution in [0, 0.1) is 0 Å². The first-order chi connectivity index (χ1) is 11.7. The van der Waals surface area contributed by atoms with Gasteiger partial charge in [0.1, 0.15) is 0 Å². The Morgan fingerprint density at radius 2 is 1.83 bits per heavy atom. The van der Waals surface area contributed by atoms with Gasteiger partial charge in [-0.05, 0) is 29.5 Å². The predicted molar refractivity (Wildman–Crippen MR) is 95.3 cm³/mol. The molecule has 0 amide bonds. The summed E-state index contributed by atoms with van der Waals surface area (Å²) >= 11 is 0. The molecule has 1 fully saturated rings. The number of aliphatic hydroxyl groups excluding tert-OH is 1. The molecule has 24 heavy (non-hydrogen) atoms. The lowest BCUT2D eigenvalue weighted by Gasteiger charge is -2.03. The largest absolute Gasteiger partial charge is 0.391 e. The maximum atomic E-state index is 12.0. The fourth-order valence-electron chi connectivity index (χ4n) is 2.66. The Morgan fingerprint density at radius 3 is 2.50 bits per heavy atom. The van der Waals surface area contributed by atoms with Gasteiger partial charge in [0.25, 0.3) is 5.56 Å². The number of H-pyrrole nitrogens is 1. The zero-order valence-corrected chi connectivity index (χ0v) is 13.4. The number of ether oxygens (including phenoxy) is 1. The summed E-state index contributed by atoms with van der Waals surface area (Å²) in [5, 5.41) is 9.68. The van der Waals surface area contributed by atoms with Crippen LogP contribution in [0.3, 0.4) is 0 Å². The van der Waals surface area contributed by atoms with Gasteiger partial charge < -0.3 is 14.8 Å². The van der Waals surface area contributed by atoms with Crippen molar-refractivity contribution in [2.24, 2.45) is 0 Å². The molecule has 1 atom stereocenters. The molecule has 4 heteroatoms. The number of nitrogens with one attached hydrogen (secondary N) is 1. The molecular formula is C20H21NO3. The van der Waals surface area contributed by atoms with Crippen LogP contribution in [0.5, 0.6) is 0 Å². The van der Waals surface area contributed by atoms with Gasteiger partial charge in [0.2, 0.25) is 0 Å². The summed E-state index contributed by atoms with van der Waals surface area (Å²) in [6.07, 6.45) is 1.31. The molecule has 2 aromatic carbocycles. The lowest BCUT2D eigenvalue weighted by atomic mass is 10.0. The van der Waals surface area contributed by atoms with Gasteiger partial charge in [0.15, 0.2) is 0 Å². The average Bonchev–Trinajstić information content (AvgIpc) is 3.08. The number of aliphatic hydroxyl groups is 1. The van der Waals surface area contributed by atoms with E-state index in [1.54, 1.807) is 0 Å². The Hall–Kier alpha value is -2.43. The van der Waals surface area contributed by atoms with Crippen LogP contribution >= 0.6 is 0 Å². The molecule has 1 aliphatic rings. The van der Waals surface area contributed by atoms with E-state index < -0.39 is 0 Å². The molecule has 0 bridgehead atoms. The maximum absolute atomic E-state index is 12.0. The molecule has 1 unspecified atom stereocenters. The second-order valence-electron chi connectivity index (χ2n) is 5.89. The van der Waals surface area contributed by atoms with Crippen molar-refractivity contribution in [3.63, 3.8) is 0 Å². The van der Waals surface area contributed by atoms with Crippen molar-refractivity contribution in [3.8, 4) is 0 Å². The first kappa shape index (κ1) is 16.4. The number of benzene rings is 2. The Balaban J connectivity index is 0.000000238. The van der Waals surface area contributed by atoms with E-state index in [0.29, 0.717) is 13.0 Å². The highest BCUT2D eigenvalue weighted by Gasteiger charge is 2.09. The van der Waals surface area contributed by atoms with Crippen molar-refractivity contribution in [2.75, 3.05) is 13.2 Å². The molecular weight excluding hydrogens is 302 g/mol. The van der Waals surface area contributed by atoms with E-state index in [1.807, 2.05) is 60.7 Å². The van der Waals surface area contributed by atoms with Gasteiger partial charge in [0, 0.05) is 24.1 Å². The normalized spacial score (nSPS) is 16.6. The highest BCUT2D eigenvalue weighted by atomic mass is 16.5. The third-order valence-electron chi connectivity index (χ3n) is 3.97. The lowest BCUT2D eigenvalue weighted by molar-refractivity contribution is 0.127. The second kappa shape index (κ2) is 7.90. The van der Waals surface area contributed by atoms with Gasteiger partial charge >= 0.3 is 0 Å². The zero-order valence-electron chi connectivity index (χ0n) is 13.4. The summed E-state index contributed by atoms with van der Waals surface area (Å²) < 4.78 is 4.81. The highest BCUT2D eigenvalue weighted by molar-refractivity contribution is 5.78. The summed E-state index contributed by atoms with van der Waals surface area (Å²) in [5.41, 5.74) is 2.84. The first-order valence-corrected chi connectivity index (χ1v) is 8.13. The molecule has 4 nitrogen and oxygen atoms in total. The number of aromatic amines is 1. The number of pyridine rings is 1. The monoisotopic (exact) mass is 323 g/mol.